The predicted octanol–water partition coefficient (Wildman–Crippen LogP) is 0.223. The molecule has 0 bridgehead atoms. The van der Waals surface area contributed by atoms with Crippen LogP contribution in [0.25, 0.3) is 0 Å². The van der Waals surface area contributed by atoms with Gasteiger partial charge in [-0.1, -0.05) is 0 Å². The zero-order valence-corrected chi connectivity index (χ0v) is 13.3. The molecule has 0 radical (unpaired) electrons. The number of nitrogens with one attached hydrogen (secondary N) is 1. The van der Waals surface area contributed by atoms with Crippen LogP contribution in [0.15, 0.2) is 0 Å². The van der Waals surface area contributed by atoms with Gasteiger partial charge in [0.25, 0.3) is 0 Å². The third-order valence-electron chi connectivity index (χ3n) is 4.76. The lowest BCUT2D eigenvalue weighted by atomic mass is 9.90. The molecule has 0 atom stereocenters. The molecule has 20 heavy (non-hydrogen) atoms. The second-order valence-electron chi connectivity index (χ2n) is 6.62. The van der Waals surface area contributed by atoms with E-state index in [1.165, 1.54) is 12.8 Å². The van der Waals surface area contributed by atoms with Crippen LogP contribution in [0.5, 0.6) is 0 Å². The minimum absolute atomic E-state index is 0.211. The zero-order chi connectivity index (χ0) is 14.5. The molecule has 0 aromatic rings. The fourth-order valence-corrected chi connectivity index (χ4v) is 3.22. The Bertz CT molecular complexity index is 305. The van der Waals surface area contributed by atoms with Gasteiger partial charge in [0.1, 0.15) is 0 Å². The van der Waals surface area contributed by atoms with Crippen LogP contribution in [-0.4, -0.2) is 86.6 Å². The SMILES string of the molecule is CN1CCN(CC(=O)N[C@H]2CC[C@@H](N(C)C)CC2)CC1. The number of nitrogens with zero attached hydrogens (tertiary/aromatic N) is 3. The van der Waals surface area contributed by atoms with Crippen molar-refractivity contribution in [2.75, 3.05) is 53.9 Å². The molecule has 5 heteroatoms. The Morgan fingerprint density at radius 2 is 1.70 bits per heavy atom. The Labute approximate surface area is 123 Å². The molecule has 1 amide bonds. The van der Waals surface area contributed by atoms with Crippen molar-refractivity contribution in [1.82, 2.24) is 20.0 Å². The fraction of sp³-hybridized carbons (Fsp3) is 0.933. The molecular formula is C15H30N4O. The van der Waals surface area contributed by atoms with Crippen LogP contribution in [0.4, 0.5) is 0 Å². The van der Waals surface area contributed by atoms with Gasteiger partial charge in [-0.2, -0.15) is 0 Å². The molecule has 0 unspecified atom stereocenters. The molecular weight excluding hydrogens is 252 g/mol. The summed E-state index contributed by atoms with van der Waals surface area (Å²) < 4.78 is 0. The maximum atomic E-state index is 12.1. The Kier molecular flexibility index (Phi) is 5.81. The molecule has 0 aromatic heterocycles. The van der Waals surface area contributed by atoms with E-state index in [0.29, 0.717) is 18.6 Å². The number of hydrogen-bond donors (Lipinski definition) is 1. The number of amides is 1. The number of carbonyl (C=O) groups excluding carboxylic acids is 1. The van der Waals surface area contributed by atoms with E-state index in [0.717, 1.165) is 39.0 Å². The summed E-state index contributed by atoms with van der Waals surface area (Å²) in [5.41, 5.74) is 0. The summed E-state index contributed by atoms with van der Waals surface area (Å²) in [6.45, 7) is 4.73. The maximum Gasteiger partial charge on any atom is 0.234 e. The van der Waals surface area contributed by atoms with Crippen molar-refractivity contribution in [2.45, 2.75) is 37.8 Å². The molecule has 116 valence electrons. The molecule has 1 aliphatic heterocycles. The molecule has 1 heterocycles. The summed E-state index contributed by atoms with van der Waals surface area (Å²) in [5, 5.41) is 3.22. The number of rotatable bonds is 4. The first kappa shape index (κ1) is 15.7. The van der Waals surface area contributed by atoms with Gasteiger partial charge >= 0.3 is 0 Å². The molecule has 1 saturated heterocycles. The number of carbonyl (C=O) groups is 1. The molecule has 2 fully saturated rings. The Morgan fingerprint density at radius 1 is 1.10 bits per heavy atom. The average molecular weight is 282 g/mol. The highest BCUT2D eigenvalue weighted by atomic mass is 16.2. The van der Waals surface area contributed by atoms with Crippen molar-refractivity contribution in [3.05, 3.63) is 0 Å². The van der Waals surface area contributed by atoms with Crippen LogP contribution < -0.4 is 5.32 Å². The van der Waals surface area contributed by atoms with Crippen LogP contribution in [0.2, 0.25) is 0 Å². The van der Waals surface area contributed by atoms with Gasteiger partial charge in [0.15, 0.2) is 0 Å². The topological polar surface area (TPSA) is 38.8 Å². The van der Waals surface area contributed by atoms with E-state index < -0.39 is 0 Å². The fourth-order valence-electron chi connectivity index (χ4n) is 3.22. The summed E-state index contributed by atoms with van der Waals surface area (Å²) in [5.74, 6) is 0.211. The Morgan fingerprint density at radius 3 is 2.25 bits per heavy atom. The lowest BCUT2D eigenvalue weighted by molar-refractivity contribution is -0.123. The van der Waals surface area contributed by atoms with E-state index in [9.17, 15) is 4.79 Å². The summed E-state index contributed by atoms with van der Waals surface area (Å²) in [6, 6.07) is 1.09. The summed E-state index contributed by atoms with van der Waals surface area (Å²) >= 11 is 0. The van der Waals surface area contributed by atoms with Gasteiger partial charge in [-0.05, 0) is 46.8 Å². The lowest BCUT2D eigenvalue weighted by Gasteiger charge is -2.34. The Balaban J connectivity index is 1.65. The summed E-state index contributed by atoms with van der Waals surface area (Å²) in [4.78, 5) is 19.0. The first-order valence-electron chi connectivity index (χ1n) is 7.91. The number of piperazine rings is 1. The molecule has 0 aromatic carbocycles. The van der Waals surface area contributed by atoms with E-state index in [1.54, 1.807) is 0 Å². The normalized spacial score (nSPS) is 29.6. The van der Waals surface area contributed by atoms with Crippen molar-refractivity contribution in [3.8, 4) is 0 Å². The van der Waals surface area contributed by atoms with E-state index >= 15 is 0 Å². The van der Waals surface area contributed by atoms with Crippen LogP contribution >= 0.6 is 0 Å². The molecule has 5 nitrogen and oxygen atoms in total. The lowest BCUT2D eigenvalue weighted by Crippen LogP contribution is -2.50. The molecule has 1 N–H and O–H groups in total. The van der Waals surface area contributed by atoms with Gasteiger partial charge in [-0.3, -0.25) is 9.69 Å². The van der Waals surface area contributed by atoms with Gasteiger partial charge in [-0.25, -0.2) is 0 Å². The smallest absolute Gasteiger partial charge is 0.234 e. The zero-order valence-electron chi connectivity index (χ0n) is 13.3. The minimum Gasteiger partial charge on any atom is -0.352 e. The highest BCUT2D eigenvalue weighted by Crippen LogP contribution is 2.21. The van der Waals surface area contributed by atoms with E-state index in [4.69, 9.17) is 0 Å². The van der Waals surface area contributed by atoms with Crippen molar-refractivity contribution in [2.24, 2.45) is 0 Å². The van der Waals surface area contributed by atoms with E-state index in [2.05, 4.69) is 41.2 Å². The van der Waals surface area contributed by atoms with Crippen molar-refractivity contribution < 1.29 is 4.79 Å². The first-order chi connectivity index (χ1) is 9.54. The van der Waals surface area contributed by atoms with Gasteiger partial charge in [0.2, 0.25) is 5.91 Å². The highest BCUT2D eigenvalue weighted by Gasteiger charge is 2.24. The van der Waals surface area contributed by atoms with E-state index in [-0.39, 0.29) is 5.91 Å². The van der Waals surface area contributed by atoms with Crippen molar-refractivity contribution in [1.29, 1.82) is 0 Å². The van der Waals surface area contributed by atoms with Crippen LogP contribution in [0.1, 0.15) is 25.7 Å². The second-order valence-corrected chi connectivity index (χ2v) is 6.62. The quantitative estimate of drug-likeness (QED) is 0.801. The molecule has 2 rings (SSSR count). The van der Waals surface area contributed by atoms with Crippen molar-refractivity contribution in [3.63, 3.8) is 0 Å². The number of hydrogen-bond acceptors (Lipinski definition) is 4. The van der Waals surface area contributed by atoms with Crippen LogP contribution in [-0.2, 0) is 4.79 Å². The number of likely N-dealkylation sites (N-methyl/N-ethyl adjacent to an activating group) is 1. The third kappa shape index (κ3) is 4.72. The Hall–Kier alpha value is -0.650. The average Bonchev–Trinajstić information content (AvgIpc) is 2.42. The molecule has 2 aliphatic rings. The van der Waals surface area contributed by atoms with Gasteiger partial charge in [0.05, 0.1) is 6.54 Å². The molecule has 1 saturated carbocycles. The summed E-state index contributed by atoms with van der Waals surface area (Å²) in [6.07, 6.45) is 4.65. The third-order valence-corrected chi connectivity index (χ3v) is 4.76. The predicted molar refractivity (Wildman–Crippen MR) is 81.8 cm³/mol. The maximum absolute atomic E-state index is 12.1. The van der Waals surface area contributed by atoms with Crippen molar-refractivity contribution >= 4 is 5.91 Å². The standard InChI is InChI=1S/C15H30N4O/c1-17(2)14-6-4-13(5-7-14)16-15(20)12-19-10-8-18(3)9-11-19/h13-14H,4-12H2,1-3H3,(H,16,20)/t13-,14+. The van der Waals surface area contributed by atoms with Gasteiger partial charge in [0, 0.05) is 38.3 Å². The molecule has 0 spiro atoms. The largest absolute Gasteiger partial charge is 0.352 e. The first-order valence-corrected chi connectivity index (χ1v) is 7.91. The van der Waals surface area contributed by atoms with Crippen LogP contribution in [0.3, 0.4) is 0 Å². The highest BCUT2D eigenvalue weighted by molar-refractivity contribution is 5.78. The minimum atomic E-state index is 0.211. The van der Waals surface area contributed by atoms with E-state index in [1.807, 2.05) is 0 Å². The van der Waals surface area contributed by atoms with Gasteiger partial charge < -0.3 is 15.1 Å². The second kappa shape index (κ2) is 7.38. The van der Waals surface area contributed by atoms with Gasteiger partial charge in [-0.15, -0.1) is 0 Å². The monoisotopic (exact) mass is 282 g/mol. The van der Waals surface area contributed by atoms with Crippen LogP contribution in [0, 0.1) is 0 Å². The molecule has 1 aliphatic carbocycles. The summed E-state index contributed by atoms with van der Waals surface area (Å²) in [7, 11) is 6.44.